The minimum absolute atomic E-state index is 0.116. The molecule has 0 amide bonds. The number of rotatable bonds is 8. The molecule has 1 aromatic heterocycles. The number of benzene rings is 1. The number of sulfonamides is 1. The van der Waals surface area contributed by atoms with Gasteiger partial charge in [-0.15, -0.1) is 0 Å². The molecule has 0 radical (unpaired) electrons. The Morgan fingerprint density at radius 2 is 1.93 bits per heavy atom. The molecule has 152 valence electrons. The van der Waals surface area contributed by atoms with E-state index in [0.717, 1.165) is 18.9 Å². The number of nitrogens with zero attached hydrogens (tertiary/aromatic N) is 3. The Morgan fingerprint density at radius 1 is 1.18 bits per heavy atom. The van der Waals surface area contributed by atoms with E-state index in [9.17, 15) is 8.42 Å². The monoisotopic (exact) mass is 407 g/mol. The molecule has 10 heteroatoms. The van der Waals surface area contributed by atoms with Gasteiger partial charge in [-0.1, -0.05) is 12.1 Å². The number of para-hydroxylation sites is 1. The number of ether oxygens (including phenoxy) is 2. The van der Waals surface area contributed by atoms with Crippen molar-refractivity contribution in [3.05, 3.63) is 36.2 Å². The molecule has 1 saturated heterocycles. The Hall–Kier alpha value is -2.43. The molecule has 1 aromatic carbocycles. The van der Waals surface area contributed by atoms with E-state index in [4.69, 9.17) is 9.47 Å². The largest absolute Gasteiger partial charge is 0.495 e. The van der Waals surface area contributed by atoms with Crippen LogP contribution in [0.3, 0.4) is 0 Å². The predicted octanol–water partition coefficient (Wildman–Crippen LogP) is 1.02. The lowest BCUT2D eigenvalue weighted by atomic mass is 10.3. The molecule has 0 bridgehead atoms. The summed E-state index contributed by atoms with van der Waals surface area (Å²) >= 11 is 0. The van der Waals surface area contributed by atoms with Crippen molar-refractivity contribution in [3.8, 4) is 5.75 Å². The molecule has 0 atom stereocenters. The fourth-order valence-corrected chi connectivity index (χ4v) is 4.09. The lowest BCUT2D eigenvalue weighted by molar-refractivity contribution is 0.122. The highest BCUT2D eigenvalue weighted by molar-refractivity contribution is 7.89. The third kappa shape index (κ3) is 5.09. The normalized spacial score (nSPS) is 14.7. The zero-order valence-corrected chi connectivity index (χ0v) is 16.8. The Balaban J connectivity index is 1.58. The van der Waals surface area contributed by atoms with Gasteiger partial charge < -0.3 is 19.7 Å². The van der Waals surface area contributed by atoms with Gasteiger partial charge in [0.15, 0.2) is 0 Å². The molecule has 1 fully saturated rings. The van der Waals surface area contributed by atoms with Gasteiger partial charge in [-0.05, 0) is 19.1 Å². The van der Waals surface area contributed by atoms with E-state index >= 15 is 0 Å². The zero-order valence-electron chi connectivity index (χ0n) is 16.0. The third-order valence-electron chi connectivity index (χ3n) is 4.24. The summed E-state index contributed by atoms with van der Waals surface area (Å²) in [6, 6.07) is 8.38. The van der Waals surface area contributed by atoms with Crippen LogP contribution in [0.5, 0.6) is 5.75 Å². The van der Waals surface area contributed by atoms with E-state index in [-0.39, 0.29) is 11.4 Å². The summed E-state index contributed by atoms with van der Waals surface area (Å²) in [5, 5.41) is 3.15. The molecule has 3 rings (SSSR count). The summed E-state index contributed by atoms with van der Waals surface area (Å²) in [5.41, 5.74) is 0. The number of anilines is 2. The van der Waals surface area contributed by atoms with Crippen LogP contribution in [0.25, 0.3) is 0 Å². The molecule has 2 N–H and O–H groups in total. The molecule has 2 aromatic rings. The van der Waals surface area contributed by atoms with E-state index in [1.807, 2.05) is 13.0 Å². The Bertz CT molecular complexity index is 901. The molecule has 0 unspecified atom stereocenters. The van der Waals surface area contributed by atoms with E-state index in [2.05, 4.69) is 24.9 Å². The minimum Gasteiger partial charge on any atom is -0.495 e. The van der Waals surface area contributed by atoms with E-state index in [1.54, 1.807) is 18.2 Å². The Kier molecular flexibility index (Phi) is 6.65. The average molecular weight is 407 g/mol. The van der Waals surface area contributed by atoms with Crippen molar-refractivity contribution < 1.29 is 17.9 Å². The molecule has 28 heavy (non-hydrogen) atoms. The van der Waals surface area contributed by atoms with Crippen molar-refractivity contribution in [2.24, 2.45) is 0 Å². The molecule has 2 heterocycles. The van der Waals surface area contributed by atoms with Gasteiger partial charge in [0.2, 0.25) is 10.0 Å². The van der Waals surface area contributed by atoms with Crippen LogP contribution in [0.4, 0.5) is 11.6 Å². The number of hydrogen-bond donors (Lipinski definition) is 2. The van der Waals surface area contributed by atoms with E-state index < -0.39 is 10.0 Å². The number of aromatic nitrogens is 2. The van der Waals surface area contributed by atoms with Crippen molar-refractivity contribution in [3.63, 3.8) is 0 Å². The molecule has 9 nitrogen and oxygen atoms in total. The summed E-state index contributed by atoms with van der Waals surface area (Å²) in [6.45, 7) is 5.35. The molecular formula is C18H25N5O4S. The van der Waals surface area contributed by atoms with Crippen molar-refractivity contribution in [2.75, 3.05) is 56.7 Å². The minimum atomic E-state index is -3.66. The van der Waals surface area contributed by atoms with Crippen LogP contribution in [0.2, 0.25) is 0 Å². The van der Waals surface area contributed by atoms with E-state index in [0.29, 0.717) is 37.2 Å². The maximum atomic E-state index is 12.5. The van der Waals surface area contributed by atoms with Crippen LogP contribution < -0.4 is 19.7 Å². The summed E-state index contributed by atoms with van der Waals surface area (Å²) in [7, 11) is -2.22. The maximum absolute atomic E-state index is 12.5. The van der Waals surface area contributed by atoms with Gasteiger partial charge in [-0.25, -0.2) is 23.1 Å². The van der Waals surface area contributed by atoms with Gasteiger partial charge in [-0.3, -0.25) is 0 Å². The van der Waals surface area contributed by atoms with Gasteiger partial charge in [0.05, 0.1) is 20.3 Å². The van der Waals surface area contributed by atoms with Crippen LogP contribution in [-0.4, -0.2) is 64.9 Å². The number of methoxy groups -OCH3 is 1. The fourth-order valence-electron chi connectivity index (χ4n) is 2.89. The van der Waals surface area contributed by atoms with Gasteiger partial charge >= 0.3 is 0 Å². The molecular weight excluding hydrogens is 382 g/mol. The van der Waals surface area contributed by atoms with Crippen LogP contribution >= 0.6 is 0 Å². The van der Waals surface area contributed by atoms with Crippen LogP contribution in [-0.2, 0) is 14.8 Å². The van der Waals surface area contributed by atoms with Gasteiger partial charge in [-0.2, -0.15) is 0 Å². The lowest BCUT2D eigenvalue weighted by Crippen LogP contribution is -2.37. The van der Waals surface area contributed by atoms with Crippen LogP contribution in [0.1, 0.15) is 5.82 Å². The highest BCUT2D eigenvalue weighted by atomic mass is 32.2. The Morgan fingerprint density at radius 3 is 2.68 bits per heavy atom. The summed E-state index contributed by atoms with van der Waals surface area (Å²) < 4.78 is 38.0. The third-order valence-corrected chi connectivity index (χ3v) is 5.74. The van der Waals surface area contributed by atoms with Crippen LogP contribution in [0.15, 0.2) is 35.2 Å². The molecule has 1 aliphatic rings. The first kappa shape index (κ1) is 20.3. The van der Waals surface area contributed by atoms with E-state index in [1.165, 1.54) is 13.2 Å². The topological polar surface area (TPSA) is 106 Å². The number of morpholine rings is 1. The quantitative estimate of drug-likeness (QED) is 0.625. The summed E-state index contributed by atoms with van der Waals surface area (Å²) in [6.07, 6.45) is 0. The number of nitrogens with one attached hydrogen (secondary N) is 2. The van der Waals surface area contributed by atoms with Gasteiger partial charge in [0, 0.05) is 32.2 Å². The average Bonchev–Trinajstić information content (AvgIpc) is 2.71. The molecule has 0 aliphatic carbocycles. The van der Waals surface area contributed by atoms with Crippen molar-refractivity contribution >= 4 is 21.7 Å². The fraction of sp³-hybridized carbons (Fsp3) is 0.444. The van der Waals surface area contributed by atoms with Gasteiger partial charge in [0.25, 0.3) is 0 Å². The molecule has 1 aliphatic heterocycles. The second-order valence-corrected chi connectivity index (χ2v) is 7.97. The zero-order chi connectivity index (χ0) is 20.0. The first-order valence-electron chi connectivity index (χ1n) is 9.04. The second-order valence-electron chi connectivity index (χ2n) is 6.23. The van der Waals surface area contributed by atoms with Crippen molar-refractivity contribution in [1.82, 2.24) is 14.7 Å². The predicted molar refractivity (Wildman–Crippen MR) is 106 cm³/mol. The smallest absolute Gasteiger partial charge is 0.244 e. The van der Waals surface area contributed by atoms with Crippen LogP contribution in [0, 0.1) is 6.92 Å². The molecule has 0 saturated carbocycles. The SMILES string of the molecule is COc1ccccc1S(=O)(=O)NCCNc1cc(N2CCOCC2)nc(C)n1. The van der Waals surface area contributed by atoms with Crippen molar-refractivity contribution in [1.29, 1.82) is 0 Å². The van der Waals surface area contributed by atoms with Gasteiger partial charge in [0.1, 0.15) is 28.1 Å². The first-order valence-corrected chi connectivity index (χ1v) is 10.5. The number of hydrogen-bond acceptors (Lipinski definition) is 8. The lowest BCUT2D eigenvalue weighted by Gasteiger charge is -2.28. The highest BCUT2D eigenvalue weighted by Gasteiger charge is 2.18. The molecule has 0 spiro atoms. The van der Waals surface area contributed by atoms with Crippen molar-refractivity contribution in [2.45, 2.75) is 11.8 Å². The second kappa shape index (κ2) is 9.18. The highest BCUT2D eigenvalue weighted by Crippen LogP contribution is 2.22. The standard InChI is InChI=1S/C18H25N5O4S/c1-14-21-17(13-18(22-14)23-9-11-27-12-10-23)19-7-8-20-28(24,25)16-6-4-3-5-15(16)26-2/h3-6,13,20H,7-12H2,1-2H3,(H,19,21,22). The summed E-state index contributed by atoms with van der Waals surface area (Å²) in [5.74, 6) is 2.46. The summed E-state index contributed by atoms with van der Waals surface area (Å²) in [4.78, 5) is 11.1. The Labute approximate surface area is 165 Å². The maximum Gasteiger partial charge on any atom is 0.244 e. The first-order chi connectivity index (χ1) is 13.5. The number of aryl methyl sites for hydroxylation is 1.